The van der Waals surface area contributed by atoms with Crippen molar-refractivity contribution in [2.45, 2.75) is 63.2 Å². The normalized spacial score (nSPS) is 28.4. The molecule has 3 heterocycles. The number of carbonyl (C=O) groups excluding carboxylic acids is 3. The molecule has 0 aliphatic carbocycles. The number of fused-ring (bicyclic) bond motifs is 1. The summed E-state index contributed by atoms with van der Waals surface area (Å²) < 4.78 is 12.3. The van der Waals surface area contributed by atoms with Crippen LogP contribution in [0.5, 0.6) is 5.75 Å². The van der Waals surface area contributed by atoms with E-state index in [1.807, 2.05) is 13.8 Å². The van der Waals surface area contributed by atoms with E-state index in [4.69, 9.17) is 21.1 Å². The first-order valence-corrected chi connectivity index (χ1v) is 14.4. The van der Waals surface area contributed by atoms with Gasteiger partial charge in [-0.25, -0.2) is 0 Å². The summed E-state index contributed by atoms with van der Waals surface area (Å²) in [5, 5.41) is 15.8. The number of unbranched alkanes of at least 4 members (excludes halogenated alkanes) is 1. The Morgan fingerprint density at radius 3 is 2.30 bits per heavy atom. The maximum Gasteiger partial charge on any atom is 0.250 e. The molecule has 214 valence electrons. The third-order valence-corrected chi connectivity index (χ3v) is 8.82. The Morgan fingerprint density at radius 1 is 1.02 bits per heavy atom. The molecular formula is C30H36ClN3O6. The lowest BCUT2D eigenvalue weighted by atomic mass is 9.65. The highest BCUT2D eigenvalue weighted by Crippen LogP contribution is 2.64. The minimum atomic E-state index is -1.12. The van der Waals surface area contributed by atoms with Gasteiger partial charge in [0.15, 0.2) is 0 Å². The number of halogens is 1. The predicted octanol–water partition coefficient (Wildman–Crippen LogP) is 4.24. The second-order valence-corrected chi connectivity index (χ2v) is 11.2. The molecule has 3 N–H and O–H groups in total. The van der Waals surface area contributed by atoms with E-state index in [0.29, 0.717) is 60.9 Å². The summed E-state index contributed by atoms with van der Waals surface area (Å²) in [6, 6.07) is 13.0. The van der Waals surface area contributed by atoms with E-state index in [1.54, 1.807) is 53.4 Å². The average molecular weight is 570 g/mol. The number of nitrogens with zero attached hydrogens (tertiary/aromatic N) is 1. The first-order chi connectivity index (χ1) is 19.3. The number of nitrogens with one attached hydrogen (secondary N) is 2. The molecule has 2 aromatic rings. The van der Waals surface area contributed by atoms with Gasteiger partial charge in [0.2, 0.25) is 17.7 Å². The number of likely N-dealkylation sites (tertiary alicyclic amines) is 1. The smallest absolute Gasteiger partial charge is 0.250 e. The van der Waals surface area contributed by atoms with Gasteiger partial charge >= 0.3 is 0 Å². The zero-order valence-electron chi connectivity index (χ0n) is 22.8. The molecule has 1 spiro atoms. The van der Waals surface area contributed by atoms with E-state index in [1.165, 1.54) is 0 Å². The van der Waals surface area contributed by atoms with Crippen LogP contribution < -0.4 is 15.4 Å². The molecule has 5 rings (SSSR count). The lowest BCUT2D eigenvalue weighted by Crippen LogP contribution is -2.53. The second-order valence-electron chi connectivity index (χ2n) is 10.7. The molecule has 9 nitrogen and oxygen atoms in total. The first-order valence-electron chi connectivity index (χ1n) is 14.0. The van der Waals surface area contributed by atoms with Crippen molar-refractivity contribution in [1.29, 1.82) is 0 Å². The fraction of sp³-hybridized carbons (Fsp3) is 0.500. The van der Waals surface area contributed by atoms with Crippen LogP contribution in [0.1, 0.15) is 46.0 Å². The third kappa shape index (κ3) is 4.84. The van der Waals surface area contributed by atoms with Gasteiger partial charge in [0.1, 0.15) is 17.4 Å². The molecule has 2 unspecified atom stereocenters. The molecule has 10 heteroatoms. The molecule has 0 radical (unpaired) electrons. The number of anilines is 2. The highest BCUT2D eigenvalue weighted by molar-refractivity contribution is 6.30. The zero-order valence-corrected chi connectivity index (χ0v) is 23.6. The highest BCUT2D eigenvalue weighted by atomic mass is 35.5. The summed E-state index contributed by atoms with van der Waals surface area (Å²) in [5.74, 6) is -1.75. The number of aliphatic hydroxyl groups excluding tert-OH is 1. The van der Waals surface area contributed by atoms with Gasteiger partial charge in [0.05, 0.1) is 24.0 Å². The second kappa shape index (κ2) is 11.4. The van der Waals surface area contributed by atoms with Crippen LogP contribution in [-0.2, 0) is 19.1 Å². The lowest BCUT2D eigenvalue weighted by molar-refractivity contribution is -0.144. The zero-order chi connectivity index (χ0) is 28.5. The van der Waals surface area contributed by atoms with Crippen LogP contribution in [0.4, 0.5) is 11.4 Å². The summed E-state index contributed by atoms with van der Waals surface area (Å²) in [6.45, 7) is 4.67. The fourth-order valence-corrected chi connectivity index (χ4v) is 6.94. The number of hydrogen-bond donors (Lipinski definition) is 3. The van der Waals surface area contributed by atoms with Gasteiger partial charge in [-0.05, 0) is 87.6 Å². The number of benzene rings is 2. The molecule has 2 bridgehead atoms. The molecule has 2 aromatic carbocycles. The van der Waals surface area contributed by atoms with Crippen LogP contribution in [0.2, 0.25) is 5.02 Å². The monoisotopic (exact) mass is 569 g/mol. The molecule has 3 fully saturated rings. The fourth-order valence-electron chi connectivity index (χ4n) is 6.82. The molecule has 5 atom stereocenters. The van der Waals surface area contributed by atoms with Crippen molar-refractivity contribution in [2.24, 2.45) is 11.8 Å². The lowest BCUT2D eigenvalue weighted by Gasteiger charge is -2.34. The molecule has 3 aliphatic rings. The largest absolute Gasteiger partial charge is 0.494 e. The molecule has 3 aliphatic heterocycles. The van der Waals surface area contributed by atoms with Gasteiger partial charge in [0.25, 0.3) is 0 Å². The molecule has 0 saturated carbocycles. The Labute approximate surface area is 239 Å². The van der Waals surface area contributed by atoms with Crippen molar-refractivity contribution in [3.05, 3.63) is 53.6 Å². The van der Waals surface area contributed by atoms with Gasteiger partial charge in [-0.1, -0.05) is 18.5 Å². The van der Waals surface area contributed by atoms with Crippen molar-refractivity contribution in [3.63, 3.8) is 0 Å². The third-order valence-electron chi connectivity index (χ3n) is 8.56. The summed E-state index contributed by atoms with van der Waals surface area (Å²) >= 11 is 6.02. The number of aliphatic hydroxyl groups is 1. The van der Waals surface area contributed by atoms with E-state index in [-0.39, 0.29) is 30.9 Å². The number of amides is 3. The van der Waals surface area contributed by atoms with Crippen LogP contribution in [0.3, 0.4) is 0 Å². The quantitative estimate of drug-likeness (QED) is 0.348. The van der Waals surface area contributed by atoms with E-state index in [9.17, 15) is 19.5 Å². The number of hydrogen-bond acceptors (Lipinski definition) is 6. The first kappa shape index (κ1) is 28.4. The maximum atomic E-state index is 14.1. The number of rotatable bonds is 11. The van der Waals surface area contributed by atoms with Gasteiger partial charge in [-0.3, -0.25) is 14.4 Å². The van der Waals surface area contributed by atoms with Crippen molar-refractivity contribution in [3.8, 4) is 5.75 Å². The van der Waals surface area contributed by atoms with Crippen molar-refractivity contribution in [1.82, 2.24) is 4.90 Å². The van der Waals surface area contributed by atoms with E-state index in [0.717, 1.165) is 0 Å². The van der Waals surface area contributed by atoms with Crippen LogP contribution in [-0.4, -0.2) is 64.7 Å². The average Bonchev–Trinajstić information content (AvgIpc) is 3.55. The van der Waals surface area contributed by atoms with Crippen molar-refractivity contribution in [2.75, 3.05) is 30.4 Å². The van der Waals surface area contributed by atoms with E-state index in [2.05, 4.69) is 10.6 Å². The summed E-state index contributed by atoms with van der Waals surface area (Å²) in [7, 11) is 0. The SMILES string of the molecule is CCOc1ccc(NC(=O)[C@@H]2[C@H]3C(=O)N(CCCCO)C(C(=O)Nc4ccc(Cl)cc4)C34CC[C@@]2(CC)O4)cc1. The van der Waals surface area contributed by atoms with Gasteiger partial charge < -0.3 is 30.1 Å². The Hall–Kier alpha value is -3.14. The Kier molecular flexibility index (Phi) is 8.08. The number of carbonyl (C=O) groups is 3. The standard InChI is InChI=1S/C30H36ClN3O6/c1-3-29-15-16-30(40-29)24(23(29)26(36)32-21-11-13-22(14-12-21)39-4-2)28(38)34(17-5-6-18-35)25(30)27(37)33-20-9-7-19(31)8-10-20/h7-14,23-25,35H,3-6,15-18H2,1-2H3,(H,32,36)(H,33,37)/t23-,24-,25?,29+,30?/m0/s1. The molecule has 40 heavy (non-hydrogen) atoms. The topological polar surface area (TPSA) is 117 Å². The predicted molar refractivity (Wildman–Crippen MR) is 151 cm³/mol. The summed E-state index contributed by atoms with van der Waals surface area (Å²) in [4.78, 5) is 43.4. The molecule has 3 amide bonds. The summed E-state index contributed by atoms with van der Waals surface area (Å²) in [6.07, 6.45) is 2.63. The minimum absolute atomic E-state index is 0.0131. The van der Waals surface area contributed by atoms with Crippen LogP contribution in [0.25, 0.3) is 0 Å². The van der Waals surface area contributed by atoms with Gasteiger partial charge in [-0.2, -0.15) is 0 Å². The Balaban J connectivity index is 1.46. The molecule has 0 aromatic heterocycles. The van der Waals surface area contributed by atoms with E-state index < -0.39 is 29.1 Å². The van der Waals surface area contributed by atoms with Crippen molar-refractivity contribution >= 4 is 40.7 Å². The maximum absolute atomic E-state index is 14.1. The van der Waals surface area contributed by atoms with Gasteiger partial charge in [-0.15, -0.1) is 0 Å². The van der Waals surface area contributed by atoms with E-state index >= 15 is 0 Å². The van der Waals surface area contributed by atoms with Crippen molar-refractivity contribution < 1.29 is 29.0 Å². The van der Waals surface area contributed by atoms with Crippen LogP contribution in [0.15, 0.2) is 48.5 Å². The molecular weight excluding hydrogens is 534 g/mol. The Bertz CT molecular complexity index is 1260. The van der Waals surface area contributed by atoms with Crippen LogP contribution in [0, 0.1) is 11.8 Å². The van der Waals surface area contributed by atoms with Crippen LogP contribution >= 0.6 is 11.6 Å². The molecule has 3 saturated heterocycles. The minimum Gasteiger partial charge on any atom is -0.494 e. The number of ether oxygens (including phenoxy) is 2. The van der Waals surface area contributed by atoms with Gasteiger partial charge in [0, 0.05) is 29.5 Å². The Morgan fingerprint density at radius 2 is 1.68 bits per heavy atom. The highest BCUT2D eigenvalue weighted by Gasteiger charge is 2.78. The summed E-state index contributed by atoms with van der Waals surface area (Å²) in [5.41, 5.74) is -0.812.